The van der Waals surface area contributed by atoms with E-state index in [1.54, 1.807) is 13.8 Å². The molecule has 0 spiro atoms. The van der Waals surface area contributed by atoms with Crippen molar-refractivity contribution >= 4 is 10.1 Å². The average molecular weight is 286 g/mol. The maximum atomic E-state index is 12.2. The minimum absolute atomic E-state index is 0.180. The molecule has 0 saturated heterocycles. The van der Waals surface area contributed by atoms with Gasteiger partial charge < -0.3 is 9.29 Å². The summed E-state index contributed by atoms with van der Waals surface area (Å²) in [7, 11) is -5.72. The van der Waals surface area contributed by atoms with Gasteiger partial charge in [-0.15, -0.1) is 0 Å². The summed E-state index contributed by atoms with van der Waals surface area (Å²) in [4.78, 5) is 0. The molecular formula is C10H13F3O4S. The third kappa shape index (κ3) is 1.58. The molecule has 1 saturated carbocycles. The number of aliphatic hydroxyl groups is 1. The lowest BCUT2D eigenvalue weighted by Crippen LogP contribution is -2.42. The number of allylic oxidation sites excluding steroid dienone is 1. The maximum absolute atomic E-state index is 12.2. The summed E-state index contributed by atoms with van der Waals surface area (Å²) in [5, 5.41) is 10.3. The molecule has 2 bridgehead atoms. The van der Waals surface area contributed by atoms with Crippen molar-refractivity contribution in [1.29, 1.82) is 0 Å². The van der Waals surface area contributed by atoms with Crippen LogP contribution in [-0.2, 0) is 14.3 Å². The van der Waals surface area contributed by atoms with Crippen LogP contribution in [0.25, 0.3) is 0 Å². The van der Waals surface area contributed by atoms with Gasteiger partial charge in [0.25, 0.3) is 0 Å². The van der Waals surface area contributed by atoms with Crippen LogP contribution in [0.15, 0.2) is 11.8 Å². The van der Waals surface area contributed by atoms with Crippen molar-refractivity contribution in [3.8, 4) is 0 Å². The average Bonchev–Trinajstić information content (AvgIpc) is 2.48. The fraction of sp³-hybridized carbons (Fsp3) is 0.800. The number of alkyl halides is 3. The number of halogens is 3. The molecule has 1 fully saturated rings. The van der Waals surface area contributed by atoms with Gasteiger partial charge in [-0.2, -0.15) is 21.6 Å². The van der Waals surface area contributed by atoms with Crippen LogP contribution in [0.4, 0.5) is 13.2 Å². The van der Waals surface area contributed by atoms with Gasteiger partial charge in [0.1, 0.15) is 11.4 Å². The minimum atomic E-state index is -5.72. The molecule has 0 aromatic carbocycles. The van der Waals surface area contributed by atoms with Crippen molar-refractivity contribution in [2.24, 2.45) is 11.3 Å². The molecule has 2 atom stereocenters. The van der Waals surface area contributed by atoms with E-state index < -0.39 is 32.4 Å². The Balaban J connectivity index is 2.33. The van der Waals surface area contributed by atoms with Gasteiger partial charge in [0.15, 0.2) is 0 Å². The van der Waals surface area contributed by atoms with Crippen LogP contribution < -0.4 is 0 Å². The van der Waals surface area contributed by atoms with Crippen LogP contribution in [-0.4, -0.2) is 24.6 Å². The van der Waals surface area contributed by atoms with Crippen LogP contribution in [0.5, 0.6) is 0 Å². The summed E-state index contributed by atoms with van der Waals surface area (Å²) < 4.78 is 62.6. The Morgan fingerprint density at radius 2 is 2.00 bits per heavy atom. The molecule has 2 aliphatic carbocycles. The fourth-order valence-corrected chi connectivity index (χ4v) is 3.19. The van der Waals surface area contributed by atoms with Crippen LogP contribution in [0.1, 0.15) is 26.7 Å². The maximum Gasteiger partial charge on any atom is 0.534 e. The number of hydrogen-bond donors (Lipinski definition) is 1. The summed E-state index contributed by atoms with van der Waals surface area (Å²) in [6.07, 6.45) is 2.08. The smallest absolute Gasteiger partial charge is 0.381 e. The second-order valence-electron chi connectivity index (χ2n) is 5.24. The van der Waals surface area contributed by atoms with Crippen molar-refractivity contribution in [1.82, 2.24) is 0 Å². The summed E-state index contributed by atoms with van der Waals surface area (Å²) in [6.45, 7) is 3.36. The zero-order chi connectivity index (χ0) is 14.0. The van der Waals surface area contributed by atoms with Crippen molar-refractivity contribution in [2.75, 3.05) is 0 Å². The molecule has 0 heterocycles. The molecule has 104 valence electrons. The molecule has 0 aromatic rings. The van der Waals surface area contributed by atoms with E-state index in [-0.39, 0.29) is 12.3 Å². The minimum Gasteiger partial charge on any atom is -0.381 e. The second kappa shape index (κ2) is 3.41. The highest BCUT2D eigenvalue weighted by molar-refractivity contribution is 7.87. The highest BCUT2D eigenvalue weighted by atomic mass is 32.2. The molecule has 0 radical (unpaired) electrons. The quantitative estimate of drug-likeness (QED) is 0.622. The standard InChI is InChI=1S/C10H13F3O4S/c1-8(2)6-3-4-9(8,14)7(5-6)17-18(15,16)10(11,12)13/h5-6,14H,3-4H2,1-2H3. The van der Waals surface area contributed by atoms with E-state index in [0.717, 1.165) is 0 Å². The van der Waals surface area contributed by atoms with Gasteiger partial charge in [-0.1, -0.05) is 13.8 Å². The molecule has 1 N–H and O–H groups in total. The topological polar surface area (TPSA) is 63.6 Å². The third-order valence-corrected chi connectivity index (χ3v) is 5.02. The Morgan fingerprint density at radius 3 is 2.33 bits per heavy atom. The van der Waals surface area contributed by atoms with Gasteiger partial charge in [-0.3, -0.25) is 0 Å². The predicted molar refractivity (Wildman–Crippen MR) is 55.6 cm³/mol. The van der Waals surface area contributed by atoms with E-state index in [4.69, 9.17) is 0 Å². The SMILES string of the molecule is CC1(C)C2C=C(OS(=O)(=O)C(F)(F)F)C1(O)CC2. The zero-order valence-electron chi connectivity index (χ0n) is 9.78. The lowest BCUT2D eigenvalue weighted by atomic mass is 9.77. The van der Waals surface area contributed by atoms with E-state index in [9.17, 15) is 26.7 Å². The van der Waals surface area contributed by atoms with Gasteiger partial charge >= 0.3 is 15.6 Å². The van der Waals surface area contributed by atoms with E-state index in [2.05, 4.69) is 4.18 Å². The summed E-state index contributed by atoms with van der Waals surface area (Å²) in [5.74, 6) is -0.679. The van der Waals surface area contributed by atoms with Crippen LogP contribution in [0.2, 0.25) is 0 Å². The monoisotopic (exact) mass is 286 g/mol. The van der Waals surface area contributed by atoms with Crippen molar-refractivity contribution < 1.29 is 30.9 Å². The van der Waals surface area contributed by atoms with Gasteiger partial charge in [-0.25, -0.2) is 0 Å². The molecule has 4 nitrogen and oxygen atoms in total. The highest BCUT2D eigenvalue weighted by Gasteiger charge is 2.63. The predicted octanol–water partition coefficient (Wildman–Crippen LogP) is 1.92. The van der Waals surface area contributed by atoms with Crippen LogP contribution >= 0.6 is 0 Å². The van der Waals surface area contributed by atoms with E-state index in [1.165, 1.54) is 6.08 Å². The molecule has 8 heteroatoms. The largest absolute Gasteiger partial charge is 0.534 e. The normalized spacial score (nSPS) is 34.6. The van der Waals surface area contributed by atoms with Gasteiger partial charge in [-0.05, 0) is 24.8 Å². The summed E-state index contributed by atoms with van der Waals surface area (Å²) >= 11 is 0. The first-order valence-electron chi connectivity index (χ1n) is 5.37. The first-order valence-corrected chi connectivity index (χ1v) is 6.78. The molecule has 0 aromatic heterocycles. The first kappa shape index (κ1) is 13.7. The molecular weight excluding hydrogens is 273 g/mol. The molecule has 2 unspecified atom stereocenters. The zero-order valence-corrected chi connectivity index (χ0v) is 10.6. The lowest BCUT2D eigenvalue weighted by molar-refractivity contribution is -0.0613. The number of hydrogen-bond acceptors (Lipinski definition) is 4. The van der Waals surface area contributed by atoms with Gasteiger partial charge in [0, 0.05) is 5.41 Å². The van der Waals surface area contributed by atoms with Crippen LogP contribution in [0.3, 0.4) is 0 Å². The number of rotatable bonds is 2. The molecule has 18 heavy (non-hydrogen) atoms. The number of fused-ring (bicyclic) bond motifs is 2. The van der Waals surface area contributed by atoms with Crippen LogP contribution in [0, 0.1) is 11.3 Å². The van der Waals surface area contributed by atoms with E-state index >= 15 is 0 Å². The third-order valence-electron chi connectivity index (χ3n) is 4.05. The first-order chi connectivity index (χ1) is 7.92. The van der Waals surface area contributed by atoms with Gasteiger partial charge in [0.2, 0.25) is 0 Å². The molecule has 0 aliphatic heterocycles. The Hall–Kier alpha value is -0.760. The Kier molecular flexibility index (Phi) is 2.59. The molecule has 2 rings (SSSR count). The molecule has 2 aliphatic rings. The van der Waals surface area contributed by atoms with Crippen molar-refractivity contribution in [3.63, 3.8) is 0 Å². The van der Waals surface area contributed by atoms with Gasteiger partial charge in [0.05, 0.1) is 0 Å². The summed E-state index contributed by atoms with van der Waals surface area (Å²) in [5.41, 5.74) is -7.85. The fourth-order valence-electron chi connectivity index (χ4n) is 2.67. The Morgan fingerprint density at radius 1 is 1.44 bits per heavy atom. The van der Waals surface area contributed by atoms with E-state index in [0.29, 0.717) is 6.42 Å². The summed E-state index contributed by atoms with van der Waals surface area (Å²) in [6, 6.07) is 0. The highest BCUT2D eigenvalue weighted by Crippen LogP contribution is 2.60. The van der Waals surface area contributed by atoms with Crippen molar-refractivity contribution in [2.45, 2.75) is 37.8 Å². The molecule has 0 amide bonds. The Bertz CT molecular complexity index is 506. The van der Waals surface area contributed by atoms with E-state index in [1.807, 2.05) is 0 Å². The second-order valence-corrected chi connectivity index (χ2v) is 6.78. The van der Waals surface area contributed by atoms with Crippen molar-refractivity contribution in [3.05, 3.63) is 11.8 Å². The Labute approximate surface area is 103 Å². The lowest BCUT2D eigenvalue weighted by Gasteiger charge is -2.34.